The zero-order chi connectivity index (χ0) is 17.2. The van der Waals surface area contributed by atoms with Gasteiger partial charge in [-0.15, -0.1) is 0 Å². The van der Waals surface area contributed by atoms with Crippen LogP contribution in [0.3, 0.4) is 0 Å². The lowest BCUT2D eigenvalue weighted by molar-refractivity contribution is 0.705. The minimum Gasteiger partial charge on any atom is -0.368 e. The summed E-state index contributed by atoms with van der Waals surface area (Å²) in [5, 5.41) is 4.17. The smallest absolute Gasteiger partial charge is 0.235 e. The maximum absolute atomic E-state index is 5.90. The highest BCUT2D eigenvalue weighted by atomic mass is 15.4. The molecule has 2 N–H and O–H groups in total. The van der Waals surface area contributed by atoms with Crippen molar-refractivity contribution >= 4 is 29.1 Å². The van der Waals surface area contributed by atoms with Gasteiger partial charge in [-0.25, -0.2) is 4.98 Å². The molecule has 7 heteroatoms. The van der Waals surface area contributed by atoms with Gasteiger partial charge in [0.2, 0.25) is 11.9 Å². The number of nitrogens with zero attached hydrogens (tertiary/aromatic N) is 6. The number of aromatic nitrogens is 6. The molecule has 1 aromatic carbocycles. The number of anilines is 1. The van der Waals surface area contributed by atoms with Gasteiger partial charge in [0.15, 0.2) is 0 Å². The number of aryl methyl sites for hydroxylation is 1. The molecular formula is C18H17N7. The highest BCUT2D eigenvalue weighted by molar-refractivity contribution is 5.88. The van der Waals surface area contributed by atoms with Gasteiger partial charge in [0, 0.05) is 18.3 Å². The van der Waals surface area contributed by atoms with E-state index in [-0.39, 0.29) is 0 Å². The van der Waals surface area contributed by atoms with Crippen LogP contribution in [-0.4, -0.2) is 29.3 Å². The Balaban J connectivity index is 1.88. The zero-order valence-electron chi connectivity index (χ0n) is 13.7. The molecule has 0 bridgehead atoms. The van der Waals surface area contributed by atoms with E-state index in [0.717, 1.165) is 28.7 Å². The minimum absolute atomic E-state index is 0.305. The summed E-state index contributed by atoms with van der Waals surface area (Å²) < 4.78 is 3.60. The monoisotopic (exact) mass is 331 g/mol. The molecule has 4 rings (SSSR count). The highest BCUT2D eigenvalue weighted by Crippen LogP contribution is 2.24. The summed E-state index contributed by atoms with van der Waals surface area (Å²) in [5.41, 5.74) is 9.80. The van der Waals surface area contributed by atoms with Crippen LogP contribution in [0, 0.1) is 0 Å². The van der Waals surface area contributed by atoms with Crippen molar-refractivity contribution in [1.82, 2.24) is 29.3 Å². The maximum atomic E-state index is 5.90. The number of nitrogens with two attached hydrogens (primary N) is 1. The molecule has 0 amide bonds. The van der Waals surface area contributed by atoms with Gasteiger partial charge in [0.25, 0.3) is 0 Å². The predicted molar refractivity (Wildman–Crippen MR) is 97.9 cm³/mol. The predicted octanol–water partition coefficient (Wildman–Crippen LogP) is 2.78. The molecule has 0 atom stereocenters. The molecule has 3 heterocycles. The number of benzene rings is 1. The van der Waals surface area contributed by atoms with E-state index in [0.29, 0.717) is 11.9 Å². The van der Waals surface area contributed by atoms with Gasteiger partial charge in [-0.1, -0.05) is 42.5 Å². The van der Waals surface area contributed by atoms with E-state index in [1.165, 1.54) is 11.0 Å². The molecule has 25 heavy (non-hydrogen) atoms. The third-order valence-electron chi connectivity index (χ3n) is 3.99. The standard InChI is InChI=1S/C18H17N7/c1-2-24-16-14(9-8-13-6-4-3-5-7-13)10-20-11-15(16)23-18(24)25-17(19)21-12-22-25/h3-12H,2H2,1H3,(H2,19,21,22)/b9-8+. The summed E-state index contributed by atoms with van der Waals surface area (Å²) in [6.07, 6.45) is 9.12. The van der Waals surface area contributed by atoms with Crippen LogP contribution in [0.1, 0.15) is 18.1 Å². The van der Waals surface area contributed by atoms with Crippen molar-refractivity contribution in [3.05, 3.63) is 60.2 Å². The molecule has 0 spiro atoms. The maximum Gasteiger partial charge on any atom is 0.235 e. The van der Waals surface area contributed by atoms with Gasteiger partial charge in [-0.05, 0) is 12.5 Å². The molecule has 0 saturated carbocycles. The summed E-state index contributed by atoms with van der Waals surface area (Å²) in [7, 11) is 0. The molecule has 0 fully saturated rings. The van der Waals surface area contributed by atoms with Crippen molar-refractivity contribution in [3.8, 4) is 5.95 Å². The Kier molecular flexibility index (Phi) is 3.74. The summed E-state index contributed by atoms with van der Waals surface area (Å²) in [4.78, 5) is 12.9. The lowest BCUT2D eigenvalue weighted by Gasteiger charge is -2.07. The first-order valence-electron chi connectivity index (χ1n) is 8.01. The fraction of sp³-hybridized carbons (Fsp3) is 0.111. The first-order valence-corrected chi connectivity index (χ1v) is 8.01. The van der Waals surface area contributed by atoms with E-state index in [1.807, 2.05) is 30.5 Å². The van der Waals surface area contributed by atoms with E-state index in [9.17, 15) is 0 Å². The molecule has 0 aliphatic heterocycles. The van der Waals surface area contributed by atoms with Crippen molar-refractivity contribution in [1.29, 1.82) is 0 Å². The minimum atomic E-state index is 0.305. The van der Waals surface area contributed by atoms with E-state index >= 15 is 0 Å². The first kappa shape index (κ1) is 15.1. The summed E-state index contributed by atoms with van der Waals surface area (Å²) in [6.45, 7) is 2.78. The molecule has 0 radical (unpaired) electrons. The van der Waals surface area contributed by atoms with Crippen molar-refractivity contribution in [2.24, 2.45) is 0 Å². The fourth-order valence-corrected chi connectivity index (χ4v) is 2.84. The molecule has 4 aromatic rings. The van der Waals surface area contributed by atoms with Gasteiger partial charge in [-0.3, -0.25) is 4.98 Å². The van der Waals surface area contributed by atoms with Gasteiger partial charge < -0.3 is 10.3 Å². The zero-order valence-corrected chi connectivity index (χ0v) is 13.7. The molecular weight excluding hydrogens is 314 g/mol. The number of nitrogen functional groups attached to an aromatic ring is 1. The van der Waals surface area contributed by atoms with Crippen LogP contribution in [0.4, 0.5) is 5.95 Å². The SMILES string of the molecule is CCn1c(-n2ncnc2N)nc2cncc(/C=C/c3ccccc3)c21. The molecule has 0 saturated heterocycles. The third-order valence-corrected chi connectivity index (χ3v) is 3.99. The molecule has 7 nitrogen and oxygen atoms in total. The fourth-order valence-electron chi connectivity index (χ4n) is 2.84. The number of imidazole rings is 1. The van der Waals surface area contributed by atoms with Crippen molar-refractivity contribution in [2.75, 3.05) is 5.73 Å². The van der Waals surface area contributed by atoms with Gasteiger partial charge in [-0.2, -0.15) is 14.8 Å². The molecule has 0 unspecified atom stereocenters. The van der Waals surface area contributed by atoms with Crippen LogP contribution < -0.4 is 5.73 Å². The quantitative estimate of drug-likeness (QED) is 0.621. The lowest BCUT2D eigenvalue weighted by Crippen LogP contribution is -2.10. The summed E-state index contributed by atoms with van der Waals surface area (Å²) in [5.74, 6) is 0.939. The Hall–Kier alpha value is -3.48. The van der Waals surface area contributed by atoms with Crippen LogP contribution in [-0.2, 0) is 6.54 Å². The van der Waals surface area contributed by atoms with Crippen LogP contribution >= 0.6 is 0 Å². The highest BCUT2D eigenvalue weighted by Gasteiger charge is 2.16. The van der Waals surface area contributed by atoms with E-state index < -0.39 is 0 Å². The topological polar surface area (TPSA) is 87.4 Å². The number of pyridine rings is 1. The van der Waals surface area contributed by atoms with Crippen LogP contribution in [0.5, 0.6) is 0 Å². The molecule has 0 aliphatic rings. The van der Waals surface area contributed by atoms with Gasteiger partial charge >= 0.3 is 0 Å². The van der Waals surface area contributed by atoms with Gasteiger partial charge in [0.1, 0.15) is 11.8 Å². The van der Waals surface area contributed by atoms with E-state index in [1.54, 1.807) is 6.20 Å². The van der Waals surface area contributed by atoms with Crippen LogP contribution in [0.25, 0.3) is 29.1 Å². The molecule has 124 valence electrons. The van der Waals surface area contributed by atoms with Crippen molar-refractivity contribution in [2.45, 2.75) is 13.5 Å². The Morgan fingerprint density at radius 3 is 2.68 bits per heavy atom. The summed E-state index contributed by atoms with van der Waals surface area (Å²) >= 11 is 0. The second-order valence-electron chi connectivity index (χ2n) is 5.53. The number of fused-ring (bicyclic) bond motifs is 1. The Morgan fingerprint density at radius 1 is 1.12 bits per heavy atom. The second kappa shape index (κ2) is 6.20. The van der Waals surface area contributed by atoms with E-state index in [2.05, 4.69) is 49.8 Å². The van der Waals surface area contributed by atoms with Crippen molar-refractivity contribution in [3.63, 3.8) is 0 Å². The Labute approximate surface area is 144 Å². The average Bonchev–Trinajstić information content (AvgIpc) is 3.23. The molecule has 3 aromatic heterocycles. The molecule has 0 aliphatic carbocycles. The van der Waals surface area contributed by atoms with Crippen LogP contribution in [0.15, 0.2) is 49.1 Å². The second-order valence-corrected chi connectivity index (χ2v) is 5.53. The Morgan fingerprint density at radius 2 is 1.96 bits per heavy atom. The number of rotatable bonds is 4. The number of hydrogen-bond donors (Lipinski definition) is 1. The Bertz CT molecular complexity index is 1040. The van der Waals surface area contributed by atoms with Crippen molar-refractivity contribution < 1.29 is 0 Å². The third kappa shape index (κ3) is 2.65. The largest absolute Gasteiger partial charge is 0.368 e. The lowest BCUT2D eigenvalue weighted by atomic mass is 10.1. The number of hydrogen-bond acceptors (Lipinski definition) is 5. The van der Waals surface area contributed by atoms with Gasteiger partial charge in [0.05, 0.1) is 11.7 Å². The first-order chi connectivity index (χ1) is 12.3. The average molecular weight is 331 g/mol. The normalized spacial score (nSPS) is 11.6. The van der Waals surface area contributed by atoms with E-state index in [4.69, 9.17) is 5.73 Å². The summed E-state index contributed by atoms with van der Waals surface area (Å²) in [6, 6.07) is 10.1. The van der Waals surface area contributed by atoms with Crippen LogP contribution in [0.2, 0.25) is 0 Å².